The fourth-order valence-electron chi connectivity index (χ4n) is 1.76. The number of hydrogen-bond donors (Lipinski definition) is 2. The van der Waals surface area contributed by atoms with E-state index in [1.165, 1.54) is 0 Å². The molecule has 1 aromatic heterocycles. The molecule has 0 aliphatic carbocycles. The second kappa shape index (κ2) is 8.09. The first kappa shape index (κ1) is 15.9. The molecular formula is C16H17N3O2S. The quantitative estimate of drug-likeness (QED) is 0.653. The molecule has 0 aliphatic rings. The SMILES string of the molecule is CCOC(=O)c1ccc(NC(=S)NCc2ccncc2)cc1. The van der Waals surface area contributed by atoms with Gasteiger partial charge in [0.25, 0.3) is 0 Å². The van der Waals surface area contributed by atoms with E-state index < -0.39 is 0 Å². The Hall–Kier alpha value is -2.47. The summed E-state index contributed by atoms with van der Waals surface area (Å²) in [5, 5.41) is 6.68. The van der Waals surface area contributed by atoms with Crippen molar-refractivity contribution in [1.29, 1.82) is 0 Å². The summed E-state index contributed by atoms with van der Waals surface area (Å²) in [5.41, 5.74) is 2.42. The zero-order valence-corrected chi connectivity index (χ0v) is 13.0. The minimum atomic E-state index is -0.326. The molecule has 0 amide bonds. The van der Waals surface area contributed by atoms with Crippen molar-refractivity contribution in [1.82, 2.24) is 10.3 Å². The molecule has 1 heterocycles. The summed E-state index contributed by atoms with van der Waals surface area (Å²) < 4.78 is 4.93. The molecule has 6 heteroatoms. The lowest BCUT2D eigenvalue weighted by molar-refractivity contribution is 0.0526. The van der Waals surface area contributed by atoms with Crippen LogP contribution in [0.2, 0.25) is 0 Å². The van der Waals surface area contributed by atoms with Gasteiger partial charge >= 0.3 is 5.97 Å². The minimum absolute atomic E-state index is 0.326. The first-order valence-electron chi connectivity index (χ1n) is 6.90. The number of carbonyl (C=O) groups is 1. The van der Waals surface area contributed by atoms with Gasteiger partial charge in [-0.15, -0.1) is 0 Å². The zero-order chi connectivity index (χ0) is 15.8. The molecular weight excluding hydrogens is 298 g/mol. The van der Waals surface area contributed by atoms with E-state index in [4.69, 9.17) is 17.0 Å². The standard InChI is InChI=1S/C16H17N3O2S/c1-2-21-15(20)13-3-5-14(6-4-13)19-16(22)18-11-12-7-9-17-10-8-12/h3-10H,2,11H2,1H3,(H2,18,19,22). The van der Waals surface area contributed by atoms with Gasteiger partial charge < -0.3 is 15.4 Å². The van der Waals surface area contributed by atoms with Gasteiger partial charge in [0, 0.05) is 24.6 Å². The topological polar surface area (TPSA) is 63.2 Å². The molecule has 1 aromatic carbocycles. The summed E-state index contributed by atoms with van der Waals surface area (Å²) >= 11 is 5.23. The van der Waals surface area contributed by atoms with Crippen molar-refractivity contribution < 1.29 is 9.53 Å². The monoisotopic (exact) mass is 315 g/mol. The van der Waals surface area contributed by atoms with Gasteiger partial charge in [0.05, 0.1) is 12.2 Å². The Morgan fingerprint density at radius 3 is 2.50 bits per heavy atom. The number of thiocarbonyl (C=S) groups is 1. The highest BCUT2D eigenvalue weighted by atomic mass is 32.1. The molecule has 0 atom stereocenters. The number of aromatic nitrogens is 1. The smallest absolute Gasteiger partial charge is 0.338 e. The average molecular weight is 315 g/mol. The van der Waals surface area contributed by atoms with Crippen LogP contribution in [0.15, 0.2) is 48.8 Å². The van der Waals surface area contributed by atoms with Crippen LogP contribution in [-0.2, 0) is 11.3 Å². The molecule has 0 bridgehead atoms. The number of benzene rings is 1. The van der Waals surface area contributed by atoms with Gasteiger partial charge in [0.1, 0.15) is 0 Å². The zero-order valence-electron chi connectivity index (χ0n) is 12.2. The molecule has 0 unspecified atom stereocenters. The third kappa shape index (κ3) is 4.82. The van der Waals surface area contributed by atoms with Crippen molar-refractivity contribution in [2.24, 2.45) is 0 Å². The van der Waals surface area contributed by atoms with Gasteiger partial charge in [-0.05, 0) is 61.1 Å². The highest BCUT2D eigenvalue weighted by Crippen LogP contribution is 2.10. The van der Waals surface area contributed by atoms with Crippen LogP contribution >= 0.6 is 12.2 Å². The normalized spacial score (nSPS) is 9.86. The second-order valence-electron chi connectivity index (χ2n) is 4.46. The number of anilines is 1. The Labute approximate surface area is 134 Å². The van der Waals surface area contributed by atoms with Crippen molar-refractivity contribution in [3.05, 3.63) is 59.9 Å². The van der Waals surface area contributed by atoms with E-state index in [0.29, 0.717) is 23.8 Å². The number of rotatable bonds is 5. The summed E-state index contributed by atoms with van der Waals surface area (Å²) in [6, 6.07) is 10.8. The van der Waals surface area contributed by atoms with Gasteiger partial charge in [0.15, 0.2) is 5.11 Å². The van der Waals surface area contributed by atoms with Crippen molar-refractivity contribution in [2.45, 2.75) is 13.5 Å². The van der Waals surface area contributed by atoms with Crippen LogP contribution in [0.4, 0.5) is 5.69 Å². The van der Waals surface area contributed by atoms with E-state index in [-0.39, 0.29) is 5.97 Å². The van der Waals surface area contributed by atoms with E-state index >= 15 is 0 Å². The van der Waals surface area contributed by atoms with E-state index in [2.05, 4.69) is 15.6 Å². The minimum Gasteiger partial charge on any atom is -0.462 e. The van der Waals surface area contributed by atoms with Gasteiger partial charge in [-0.1, -0.05) is 0 Å². The summed E-state index contributed by atoms with van der Waals surface area (Å²) in [6.07, 6.45) is 3.48. The molecule has 0 saturated heterocycles. The van der Waals surface area contributed by atoms with Crippen LogP contribution in [0.3, 0.4) is 0 Å². The Bertz CT molecular complexity index is 630. The van der Waals surface area contributed by atoms with Crippen molar-refractivity contribution in [3.63, 3.8) is 0 Å². The molecule has 0 fully saturated rings. The van der Waals surface area contributed by atoms with Crippen molar-refractivity contribution in [2.75, 3.05) is 11.9 Å². The van der Waals surface area contributed by atoms with E-state index in [1.54, 1.807) is 43.6 Å². The maximum atomic E-state index is 11.6. The van der Waals surface area contributed by atoms with E-state index in [0.717, 1.165) is 11.3 Å². The summed E-state index contributed by atoms with van der Waals surface area (Å²) in [5.74, 6) is -0.326. The van der Waals surface area contributed by atoms with Crippen LogP contribution in [0.25, 0.3) is 0 Å². The highest BCUT2D eigenvalue weighted by Gasteiger charge is 2.06. The lowest BCUT2D eigenvalue weighted by Gasteiger charge is -2.11. The van der Waals surface area contributed by atoms with Crippen LogP contribution in [0.1, 0.15) is 22.8 Å². The third-order valence-corrected chi connectivity index (χ3v) is 3.10. The molecule has 22 heavy (non-hydrogen) atoms. The highest BCUT2D eigenvalue weighted by molar-refractivity contribution is 7.80. The number of carbonyl (C=O) groups excluding carboxylic acids is 1. The molecule has 0 radical (unpaired) electrons. The average Bonchev–Trinajstić information content (AvgIpc) is 2.55. The van der Waals surface area contributed by atoms with Crippen molar-refractivity contribution >= 4 is 29.0 Å². The van der Waals surface area contributed by atoms with E-state index in [9.17, 15) is 4.79 Å². The second-order valence-corrected chi connectivity index (χ2v) is 4.87. The maximum absolute atomic E-state index is 11.6. The third-order valence-electron chi connectivity index (χ3n) is 2.86. The molecule has 5 nitrogen and oxygen atoms in total. The van der Waals surface area contributed by atoms with Crippen LogP contribution in [-0.4, -0.2) is 22.7 Å². The van der Waals surface area contributed by atoms with Gasteiger partial charge in [-0.2, -0.15) is 0 Å². The van der Waals surface area contributed by atoms with Gasteiger partial charge in [-0.25, -0.2) is 4.79 Å². The maximum Gasteiger partial charge on any atom is 0.338 e. The molecule has 114 valence electrons. The number of hydrogen-bond acceptors (Lipinski definition) is 4. The van der Waals surface area contributed by atoms with Crippen molar-refractivity contribution in [3.8, 4) is 0 Å². The summed E-state index contributed by atoms with van der Waals surface area (Å²) in [4.78, 5) is 15.5. The van der Waals surface area contributed by atoms with Crippen LogP contribution in [0.5, 0.6) is 0 Å². The number of esters is 1. The van der Waals surface area contributed by atoms with Crippen LogP contribution < -0.4 is 10.6 Å². The first-order valence-corrected chi connectivity index (χ1v) is 7.31. The first-order chi connectivity index (χ1) is 10.7. The fraction of sp³-hybridized carbons (Fsp3) is 0.188. The molecule has 0 saturated carbocycles. The number of pyridine rings is 1. The molecule has 2 aromatic rings. The Kier molecular flexibility index (Phi) is 5.85. The lowest BCUT2D eigenvalue weighted by Crippen LogP contribution is -2.27. The van der Waals surface area contributed by atoms with Crippen LogP contribution in [0, 0.1) is 0 Å². The largest absolute Gasteiger partial charge is 0.462 e. The Morgan fingerprint density at radius 2 is 1.86 bits per heavy atom. The predicted molar refractivity (Wildman–Crippen MR) is 89.7 cm³/mol. The fourth-order valence-corrected chi connectivity index (χ4v) is 1.95. The predicted octanol–water partition coefficient (Wildman–Crippen LogP) is 2.74. The lowest BCUT2D eigenvalue weighted by atomic mass is 10.2. The molecule has 2 rings (SSSR count). The number of nitrogens with one attached hydrogen (secondary N) is 2. The number of ether oxygens (including phenoxy) is 1. The summed E-state index contributed by atoms with van der Waals surface area (Å²) in [6.45, 7) is 2.76. The molecule has 2 N–H and O–H groups in total. The van der Waals surface area contributed by atoms with E-state index in [1.807, 2.05) is 12.1 Å². The number of nitrogens with zero attached hydrogens (tertiary/aromatic N) is 1. The van der Waals surface area contributed by atoms with Gasteiger partial charge in [0.2, 0.25) is 0 Å². The van der Waals surface area contributed by atoms with Gasteiger partial charge in [-0.3, -0.25) is 4.98 Å². The molecule has 0 spiro atoms. The Morgan fingerprint density at radius 1 is 1.18 bits per heavy atom. The Balaban J connectivity index is 1.85. The summed E-state index contributed by atoms with van der Waals surface area (Å²) in [7, 11) is 0. The molecule has 0 aliphatic heterocycles.